The van der Waals surface area contributed by atoms with Crippen molar-refractivity contribution in [2.24, 2.45) is 0 Å². The summed E-state index contributed by atoms with van der Waals surface area (Å²) in [7, 11) is 0. The molecule has 0 saturated heterocycles. The van der Waals surface area contributed by atoms with Crippen LogP contribution in [0.3, 0.4) is 0 Å². The van der Waals surface area contributed by atoms with E-state index in [2.05, 4.69) is 0 Å². The zero-order valence-corrected chi connectivity index (χ0v) is 6.48. The standard InChI is InChI=1S/C6H9NO6/c8-4(9)2-1-3(5(10)11)7-6(12)13/h3,7H,1-2H2,(H,8,9)(H,10,11)(H,12,13)/p-2. The number of hydrogen-bond donors (Lipinski definition) is 2. The monoisotopic (exact) mass is 189 g/mol. The second-order valence-corrected chi connectivity index (χ2v) is 2.23. The number of carboxylic acid groups (broad SMARTS) is 3. The van der Waals surface area contributed by atoms with Crippen LogP contribution in [-0.4, -0.2) is 29.2 Å². The van der Waals surface area contributed by atoms with Gasteiger partial charge in [-0.1, -0.05) is 0 Å². The third-order valence-corrected chi connectivity index (χ3v) is 1.22. The zero-order chi connectivity index (χ0) is 10.4. The first-order valence-electron chi connectivity index (χ1n) is 3.33. The molecule has 0 fully saturated rings. The molecule has 2 N–H and O–H groups in total. The van der Waals surface area contributed by atoms with Crippen molar-refractivity contribution in [2.75, 3.05) is 0 Å². The number of rotatable bonds is 5. The van der Waals surface area contributed by atoms with E-state index in [4.69, 9.17) is 5.11 Å². The molecule has 1 atom stereocenters. The summed E-state index contributed by atoms with van der Waals surface area (Å²) in [6.07, 6.45) is -2.48. The summed E-state index contributed by atoms with van der Waals surface area (Å²) in [5.41, 5.74) is 0. The summed E-state index contributed by atoms with van der Waals surface area (Å²) in [4.78, 5) is 30.1. The number of hydrogen-bond acceptors (Lipinski definition) is 5. The largest absolute Gasteiger partial charge is 0.550 e. The lowest BCUT2D eigenvalue weighted by Crippen LogP contribution is -2.48. The van der Waals surface area contributed by atoms with Gasteiger partial charge in [-0.3, -0.25) is 0 Å². The number of aliphatic carboxylic acids is 2. The predicted molar refractivity (Wildman–Crippen MR) is 34.2 cm³/mol. The molecular formula is C6H7NO6-2. The Hall–Kier alpha value is -1.79. The van der Waals surface area contributed by atoms with Crippen LogP contribution in [0.25, 0.3) is 0 Å². The van der Waals surface area contributed by atoms with E-state index in [9.17, 15) is 24.6 Å². The van der Waals surface area contributed by atoms with Crippen molar-refractivity contribution in [3.8, 4) is 0 Å². The van der Waals surface area contributed by atoms with Gasteiger partial charge in [0.1, 0.15) is 0 Å². The zero-order valence-electron chi connectivity index (χ0n) is 6.48. The van der Waals surface area contributed by atoms with Crippen molar-refractivity contribution in [3.63, 3.8) is 0 Å². The number of carbonyl (C=O) groups excluding carboxylic acids is 2. The molecule has 7 nitrogen and oxygen atoms in total. The molecule has 0 rings (SSSR count). The van der Waals surface area contributed by atoms with Gasteiger partial charge in [0.05, 0.1) is 12.0 Å². The fraction of sp³-hybridized carbons (Fsp3) is 0.500. The van der Waals surface area contributed by atoms with Gasteiger partial charge in [0, 0.05) is 5.97 Å². The van der Waals surface area contributed by atoms with E-state index in [1.807, 2.05) is 0 Å². The van der Waals surface area contributed by atoms with Crippen LogP contribution < -0.4 is 15.5 Å². The average Bonchev–Trinajstić information content (AvgIpc) is 1.96. The first-order chi connectivity index (χ1) is 5.93. The van der Waals surface area contributed by atoms with Crippen molar-refractivity contribution in [1.29, 1.82) is 0 Å². The lowest BCUT2D eigenvalue weighted by Gasteiger charge is -2.17. The molecule has 0 aromatic rings. The van der Waals surface area contributed by atoms with Crippen LogP contribution in [0.4, 0.5) is 4.79 Å². The highest BCUT2D eigenvalue weighted by Crippen LogP contribution is 1.95. The molecule has 7 heteroatoms. The Morgan fingerprint density at radius 2 is 1.85 bits per heavy atom. The van der Waals surface area contributed by atoms with E-state index in [0.717, 1.165) is 0 Å². The molecule has 0 aromatic heterocycles. The number of amides is 1. The minimum absolute atomic E-state index is 0.392. The van der Waals surface area contributed by atoms with Crippen LogP contribution in [0.5, 0.6) is 0 Å². The van der Waals surface area contributed by atoms with Gasteiger partial charge in [-0.15, -0.1) is 0 Å². The Bertz CT molecular complexity index is 225. The van der Waals surface area contributed by atoms with E-state index in [1.54, 1.807) is 5.32 Å². The van der Waals surface area contributed by atoms with Gasteiger partial charge in [0.25, 0.3) is 0 Å². The fourth-order valence-electron chi connectivity index (χ4n) is 0.660. The Balaban J connectivity index is 4.02. The topological polar surface area (TPSA) is 130 Å². The molecule has 0 heterocycles. The molecule has 1 unspecified atom stereocenters. The third kappa shape index (κ3) is 5.48. The fourth-order valence-corrected chi connectivity index (χ4v) is 0.660. The maximum atomic E-state index is 10.2. The second-order valence-electron chi connectivity index (χ2n) is 2.23. The number of carboxylic acids is 2. The number of carbonyl (C=O) groups is 3. The third-order valence-electron chi connectivity index (χ3n) is 1.22. The van der Waals surface area contributed by atoms with Gasteiger partial charge in [0.15, 0.2) is 0 Å². The molecule has 13 heavy (non-hydrogen) atoms. The van der Waals surface area contributed by atoms with Crippen LogP contribution in [0.1, 0.15) is 12.8 Å². The molecule has 0 aliphatic heterocycles. The predicted octanol–water partition coefficient (Wildman–Crippen LogP) is -3.10. The van der Waals surface area contributed by atoms with E-state index < -0.39 is 36.9 Å². The summed E-state index contributed by atoms with van der Waals surface area (Å²) < 4.78 is 0. The van der Waals surface area contributed by atoms with Crippen molar-refractivity contribution in [1.82, 2.24) is 5.32 Å². The molecule has 0 aliphatic carbocycles. The maximum Gasteiger partial charge on any atom is 0.405 e. The highest BCUT2D eigenvalue weighted by molar-refractivity contribution is 5.78. The lowest BCUT2D eigenvalue weighted by molar-refractivity contribution is -0.309. The Labute approximate surface area is 73.0 Å². The van der Waals surface area contributed by atoms with Crippen LogP contribution in [-0.2, 0) is 9.59 Å². The summed E-state index contributed by atoms with van der Waals surface area (Å²) in [5, 5.41) is 29.8. The molecule has 0 saturated carbocycles. The van der Waals surface area contributed by atoms with E-state index in [1.165, 1.54) is 0 Å². The summed E-state index contributed by atoms with van der Waals surface area (Å²) in [5.74, 6) is -3.11. The number of nitrogens with one attached hydrogen (secondary N) is 1. The molecule has 0 bridgehead atoms. The first kappa shape index (κ1) is 11.2. The van der Waals surface area contributed by atoms with Crippen LogP contribution in [0, 0.1) is 0 Å². The van der Waals surface area contributed by atoms with Crippen molar-refractivity contribution >= 4 is 18.0 Å². The normalized spacial score (nSPS) is 11.7. The molecule has 0 spiro atoms. The highest BCUT2D eigenvalue weighted by atomic mass is 16.4. The van der Waals surface area contributed by atoms with Gasteiger partial charge in [-0.2, -0.15) is 0 Å². The van der Waals surface area contributed by atoms with Gasteiger partial charge in [-0.25, -0.2) is 4.79 Å². The van der Waals surface area contributed by atoms with Crippen molar-refractivity contribution in [2.45, 2.75) is 18.9 Å². The molecule has 0 aromatic carbocycles. The molecule has 74 valence electrons. The molecule has 0 radical (unpaired) electrons. The maximum absolute atomic E-state index is 10.2. The van der Waals surface area contributed by atoms with Crippen molar-refractivity contribution < 1.29 is 29.7 Å². The minimum atomic E-state index is -1.66. The van der Waals surface area contributed by atoms with Gasteiger partial charge < -0.3 is 30.2 Å². The highest BCUT2D eigenvalue weighted by Gasteiger charge is 2.11. The minimum Gasteiger partial charge on any atom is -0.550 e. The molecule has 1 amide bonds. The summed E-state index contributed by atoms with van der Waals surface area (Å²) in [6, 6.07) is -1.52. The van der Waals surface area contributed by atoms with Gasteiger partial charge in [-0.05, 0) is 12.8 Å². The van der Waals surface area contributed by atoms with E-state index >= 15 is 0 Å². The van der Waals surface area contributed by atoms with Crippen LogP contribution in [0.15, 0.2) is 0 Å². The smallest absolute Gasteiger partial charge is 0.405 e. The van der Waals surface area contributed by atoms with E-state index in [-0.39, 0.29) is 0 Å². The first-order valence-corrected chi connectivity index (χ1v) is 3.33. The molecule has 0 aliphatic rings. The van der Waals surface area contributed by atoms with Gasteiger partial charge in [0.2, 0.25) is 0 Å². The SMILES string of the molecule is O=C([O-])CCC(NC(=O)O)C(=O)[O-]. The Kier molecular flexibility index (Phi) is 4.28. The molecular weight excluding hydrogens is 182 g/mol. The Morgan fingerprint density at radius 1 is 1.31 bits per heavy atom. The lowest BCUT2D eigenvalue weighted by atomic mass is 10.1. The summed E-state index contributed by atoms with van der Waals surface area (Å²) >= 11 is 0. The van der Waals surface area contributed by atoms with E-state index in [0.29, 0.717) is 0 Å². The Morgan fingerprint density at radius 3 is 2.15 bits per heavy atom. The summed E-state index contributed by atoms with van der Waals surface area (Å²) in [6.45, 7) is 0. The van der Waals surface area contributed by atoms with Crippen molar-refractivity contribution in [3.05, 3.63) is 0 Å². The second kappa shape index (κ2) is 4.96. The van der Waals surface area contributed by atoms with Crippen LogP contribution >= 0.6 is 0 Å². The van der Waals surface area contributed by atoms with Gasteiger partial charge >= 0.3 is 6.09 Å². The average molecular weight is 189 g/mol. The quantitative estimate of drug-likeness (QED) is 0.471. The van der Waals surface area contributed by atoms with Crippen LogP contribution in [0.2, 0.25) is 0 Å².